The van der Waals surface area contributed by atoms with Crippen LogP contribution in [0.2, 0.25) is 0 Å². The standard InChI is InChI=1S/C19H25N3O2S.ClH/c1-12(14(3)20)18(23)21-8-10-22(11-9-21)19(24)17-13(2)15-6-4-5-7-16(15)25-17;/h4-7,12,14H,8-11,20H2,1-3H3;1H. The number of thiophene rings is 1. The number of hydrogen-bond acceptors (Lipinski definition) is 4. The van der Waals surface area contributed by atoms with Crippen LogP contribution in [0, 0.1) is 12.8 Å². The molecule has 7 heteroatoms. The van der Waals surface area contributed by atoms with Crippen molar-refractivity contribution >= 4 is 45.6 Å². The summed E-state index contributed by atoms with van der Waals surface area (Å²) in [6.45, 7) is 8.03. The van der Waals surface area contributed by atoms with Gasteiger partial charge in [0, 0.05) is 36.9 Å². The first-order chi connectivity index (χ1) is 11.9. The lowest BCUT2D eigenvalue weighted by Gasteiger charge is -2.36. The number of rotatable bonds is 3. The summed E-state index contributed by atoms with van der Waals surface area (Å²) in [6.07, 6.45) is 0. The summed E-state index contributed by atoms with van der Waals surface area (Å²) >= 11 is 1.55. The SMILES string of the molecule is Cc1c(C(=O)N2CCN(C(=O)C(C)C(C)N)CC2)sc2ccccc12.Cl. The predicted molar refractivity (Wildman–Crippen MR) is 109 cm³/mol. The minimum atomic E-state index is -0.188. The van der Waals surface area contributed by atoms with Crippen LogP contribution >= 0.6 is 23.7 Å². The second-order valence-corrected chi connectivity index (χ2v) is 7.87. The Kier molecular flexibility index (Phi) is 6.66. The van der Waals surface area contributed by atoms with Gasteiger partial charge in [-0.3, -0.25) is 9.59 Å². The molecule has 3 rings (SSSR count). The number of nitrogens with zero attached hydrogens (tertiary/aromatic N) is 2. The molecule has 0 bridgehead atoms. The molecule has 0 saturated carbocycles. The van der Waals surface area contributed by atoms with Crippen LogP contribution in [0.4, 0.5) is 0 Å². The monoisotopic (exact) mass is 395 g/mol. The molecule has 142 valence electrons. The fourth-order valence-electron chi connectivity index (χ4n) is 3.16. The topological polar surface area (TPSA) is 66.6 Å². The highest BCUT2D eigenvalue weighted by molar-refractivity contribution is 7.21. The van der Waals surface area contributed by atoms with E-state index in [9.17, 15) is 9.59 Å². The average molecular weight is 396 g/mol. The second-order valence-electron chi connectivity index (χ2n) is 6.82. The summed E-state index contributed by atoms with van der Waals surface area (Å²) in [5, 5.41) is 1.15. The minimum absolute atomic E-state index is 0. The van der Waals surface area contributed by atoms with Crippen molar-refractivity contribution in [2.45, 2.75) is 26.8 Å². The molecule has 2 heterocycles. The first-order valence-electron chi connectivity index (χ1n) is 8.72. The number of benzene rings is 1. The van der Waals surface area contributed by atoms with E-state index in [1.54, 1.807) is 11.3 Å². The first kappa shape index (κ1) is 20.7. The number of carbonyl (C=O) groups is 2. The number of aryl methyl sites for hydroxylation is 1. The van der Waals surface area contributed by atoms with E-state index in [1.807, 2.05) is 42.7 Å². The summed E-state index contributed by atoms with van der Waals surface area (Å²) < 4.78 is 1.14. The van der Waals surface area contributed by atoms with E-state index in [0.717, 1.165) is 20.5 Å². The van der Waals surface area contributed by atoms with Gasteiger partial charge in [0.25, 0.3) is 5.91 Å². The molecule has 1 aliphatic heterocycles. The molecular formula is C19H26ClN3O2S. The van der Waals surface area contributed by atoms with Crippen molar-refractivity contribution in [3.05, 3.63) is 34.7 Å². The van der Waals surface area contributed by atoms with E-state index >= 15 is 0 Å². The summed E-state index contributed by atoms with van der Waals surface area (Å²) in [7, 11) is 0. The number of carbonyl (C=O) groups excluding carboxylic acids is 2. The minimum Gasteiger partial charge on any atom is -0.339 e. The second kappa shape index (κ2) is 8.37. The van der Waals surface area contributed by atoms with Crippen LogP contribution in [0.25, 0.3) is 10.1 Å². The predicted octanol–water partition coefficient (Wildman–Crippen LogP) is 2.90. The summed E-state index contributed by atoms with van der Waals surface area (Å²) in [5.41, 5.74) is 6.89. The Morgan fingerprint density at radius 3 is 2.23 bits per heavy atom. The summed E-state index contributed by atoms with van der Waals surface area (Å²) in [6, 6.07) is 7.95. The number of halogens is 1. The number of fused-ring (bicyclic) bond motifs is 1. The van der Waals surface area contributed by atoms with Crippen molar-refractivity contribution in [1.82, 2.24) is 9.80 Å². The lowest BCUT2D eigenvalue weighted by Crippen LogP contribution is -2.53. The van der Waals surface area contributed by atoms with Crippen LogP contribution in [0.3, 0.4) is 0 Å². The molecule has 1 aromatic heterocycles. The Hall–Kier alpha value is -1.63. The molecule has 1 fully saturated rings. The molecule has 1 aromatic carbocycles. The maximum absolute atomic E-state index is 12.9. The molecule has 0 spiro atoms. The lowest BCUT2D eigenvalue weighted by molar-refractivity contribution is -0.137. The smallest absolute Gasteiger partial charge is 0.264 e. The number of hydrogen-bond donors (Lipinski definition) is 1. The van der Waals surface area contributed by atoms with Gasteiger partial charge in [0.1, 0.15) is 0 Å². The summed E-state index contributed by atoms with van der Waals surface area (Å²) in [5.74, 6) is -0.0294. The number of piperazine rings is 1. The van der Waals surface area contributed by atoms with E-state index < -0.39 is 0 Å². The van der Waals surface area contributed by atoms with Crippen LogP contribution in [-0.2, 0) is 4.79 Å². The molecule has 2 N–H and O–H groups in total. The Morgan fingerprint density at radius 1 is 1.08 bits per heavy atom. The molecule has 26 heavy (non-hydrogen) atoms. The molecule has 2 amide bonds. The van der Waals surface area contributed by atoms with Gasteiger partial charge >= 0.3 is 0 Å². The molecule has 0 radical (unpaired) electrons. The highest BCUT2D eigenvalue weighted by Crippen LogP contribution is 2.31. The van der Waals surface area contributed by atoms with Gasteiger partial charge in [-0.2, -0.15) is 0 Å². The summed E-state index contributed by atoms with van der Waals surface area (Å²) in [4.78, 5) is 29.8. The van der Waals surface area contributed by atoms with Crippen molar-refractivity contribution < 1.29 is 9.59 Å². The van der Waals surface area contributed by atoms with Crippen LogP contribution in [0.5, 0.6) is 0 Å². The maximum Gasteiger partial charge on any atom is 0.264 e. The Bertz CT molecular complexity index is 797. The van der Waals surface area contributed by atoms with Gasteiger partial charge in [0.2, 0.25) is 5.91 Å². The Morgan fingerprint density at radius 2 is 1.65 bits per heavy atom. The maximum atomic E-state index is 12.9. The average Bonchev–Trinajstić information content (AvgIpc) is 2.97. The van der Waals surface area contributed by atoms with Gasteiger partial charge in [-0.25, -0.2) is 0 Å². The molecule has 2 unspecified atom stereocenters. The molecule has 0 aliphatic carbocycles. The fourth-order valence-corrected chi connectivity index (χ4v) is 4.34. The van der Waals surface area contributed by atoms with E-state index in [1.165, 1.54) is 0 Å². The normalized spacial score (nSPS) is 16.9. The molecule has 1 saturated heterocycles. The van der Waals surface area contributed by atoms with Gasteiger partial charge in [0.15, 0.2) is 0 Å². The highest BCUT2D eigenvalue weighted by atomic mass is 35.5. The van der Waals surface area contributed by atoms with E-state index in [2.05, 4.69) is 12.1 Å². The van der Waals surface area contributed by atoms with Gasteiger partial charge in [-0.1, -0.05) is 25.1 Å². The molecule has 1 aliphatic rings. The zero-order valence-electron chi connectivity index (χ0n) is 15.4. The number of nitrogens with two attached hydrogens (primary N) is 1. The zero-order chi connectivity index (χ0) is 18.1. The van der Waals surface area contributed by atoms with Crippen LogP contribution in [0.15, 0.2) is 24.3 Å². The van der Waals surface area contributed by atoms with Gasteiger partial charge in [0.05, 0.1) is 10.8 Å². The van der Waals surface area contributed by atoms with Gasteiger partial charge in [-0.05, 0) is 30.9 Å². The van der Waals surface area contributed by atoms with E-state index in [-0.39, 0.29) is 36.2 Å². The molecule has 2 aromatic rings. The van der Waals surface area contributed by atoms with Gasteiger partial charge in [-0.15, -0.1) is 23.7 Å². The van der Waals surface area contributed by atoms with Crippen LogP contribution in [-0.4, -0.2) is 53.8 Å². The zero-order valence-corrected chi connectivity index (χ0v) is 17.0. The third-order valence-corrected chi connectivity index (χ3v) is 6.36. The van der Waals surface area contributed by atoms with E-state index in [4.69, 9.17) is 5.73 Å². The highest BCUT2D eigenvalue weighted by Gasteiger charge is 2.29. The van der Waals surface area contributed by atoms with Crippen LogP contribution in [0.1, 0.15) is 29.1 Å². The van der Waals surface area contributed by atoms with Crippen molar-refractivity contribution in [2.24, 2.45) is 11.7 Å². The Balaban J connectivity index is 0.00000243. The van der Waals surface area contributed by atoms with Crippen molar-refractivity contribution in [1.29, 1.82) is 0 Å². The third kappa shape index (κ3) is 3.87. The Labute approximate surface area is 164 Å². The van der Waals surface area contributed by atoms with Crippen LogP contribution < -0.4 is 5.73 Å². The lowest BCUT2D eigenvalue weighted by atomic mass is 10.0. The molecule has 2 atom stereocenters. The largest absolute Gasteiger partial charge is 0.339 e. The van der Waals surface area contributed by atoms with Gasteiger partial charge < -0.3 is 15.5 Å². The molecule has 5 nitrogen and oxygen atoms in total. The van der Waals surface area contributed by atoms with Crippen molar-refractivity contribution in [3.8, 4) is 0 Å². The fraction of sp³-hybridized carbons (Fsp3) is 0.474. The first-order valence-corrected chi connectivity index (χ1v) is 9.53. The quantitative estimate of drug-likeness (QED) is 0.868. The molecular weight excluding hydrogens is 370 g/mol. The number of amides is 2. The van der Waals surface area contributed by atoms with Crippen molar-refractivity contribution in [2.75, 3.05) is 26.2 Å². The van der Waals surface area contributed by atoms with Crippen molar-refractivity contribution in [3.63, 3.8) is 0 Å². The van der Waals surface area contributed by atoms with E-state index in [0.29, 0.717) is 26.2 Å². The third-order valence-electron chi connectivity index (χ3n) is 5.09.